The number of hydrogen-bond acceptors (Lipinski definition) is 3. The van der Waals surface area contributed by atoms with Crippen molar-refractivity contribution < 1.29 is 9.53 Å². The Morgan fingerprint density at radius 3 is 2.67 bits per heavy atom. The third-order valence-electron chi connectivity index (χ3n) is 2.87. The number of amides is 1. The first-order valence-electron chi connectivity index (χ1n) is 6.30. The summed E-state index contributed by atoms with van der Waals surface area (Å²) in [5.74, 6) is 0.179. The smallest absolute Gasteiger partial charge is 0.223 e. The van der Waals surface area contributed by atoms with Crippen LogP contribution in [0.2, 0.25) is 0 Å². The van der Waals surface area contributed by atoms with Gasteiger partial charge >= 0.3 is 0 Å². The van der Waals surface area contributed by atoms with Gasteiger partial charge in [-0.15, -0.1) is 0 Å². The summed E-state index contributed by atoms with van der Waals surface area (Å²) >= 11 is 0. The van der Waals surface area contributed by atoms with Gasteiger partial charge in [0.15, 0.2) is 0 Å². The van der Waals surface area contributed by atoms with Crippen LogP contribution in [0.15, 0.2) is 24.3 Å². The standard InChI is InChI=1S/C14H22N2O2/c1-4-16-11(3)12-7-5-6-8-13(12)18-9-10(2)14(15)17/h5-8,10-11,16H,4,9H2,1-3H3,(H2,15,17). The molecule has 0 aromatic heterocycles. The van der Waals surface area contributed by atoms with E-state index in [1.807, 2.05) is 24.3 Å². The Balaban J connectivity index is 2.73. The summed E-state index contributed by atoms with van der Waals surface area (Å²) in [4.78, 5) is 11.0. The van der Waals surface area contributed by atoms with E-state index in [1.54, 1.807) is 6.92 Å². The number of para-hydroxylation sites is 1. The molecule has 1 aromatic rings. The molecule has 1 aromatic carbocycles. The minimum Gasteiger partial charge on any atom is -0.492 e. The molecule has 4 nitrogen and oxygen atoms in total. The molecule has 18 heavy (non-hydrogen) atoms. The Morgan fingerprint density at radius 1 is 1.39 bits per heavy atom. The fourth-order valence-corrected chi connectivity index (χ4v) is 1.68. The van der Waals surface area contributed by atoms with Crippen LogP contribution >= 0.6 is 0 Å². The first-order valence-corrected chi connectivity index (χ1v) is 6.30. The van der Waals surface area contributed by atoms with Crippen molar-refractivity contribution in [3.63, 3.8) is 0 Å². The molecule has 0 aliphatic heterocycles. The molecule has 100 valence electrons. The Kier molecular flexibility index (Phi) is 5.65. The van der Waals surface area contributed by atoms with Crippen molar-refractivity contribution in [3.8, 4) is 5.75 Å². The van der Waals surface area contributed by atoms with E-state index in [2.05, 4.69) is 19.2 Å². The van der Waals surface area contributed by atoms with Crippen LogP contribution in [0.5, 0.6) is 5.75 Å². The van der Waals surface area contributed by atoms with Gasteiger partial charge in [0, 0.05) is 11.6 Å². The van der Waals surface area contributed by atoms with Gasteiger partial charge in [-0.3, -0.25) is 4.79 Å². The summed E-state index contributed by atoms with van der Waals surface area (Å²) < 4.78 is 5.69. The van der Waals surface area contributed by atoms with Crippen molar-refractivity contribution >= 4 is 5.91 Å². The monoisotopic (exact) mass is 250 g/mol. The molecular weight excluding hydrogens is 228 g/mol. The van der Waals surface area contributed by atoms with Crippen LogP contribution in [0.1, 0.15) is 32.4 Å². The summed E-state index contributed by atoms with van der Waals surface area (Å²) in [5.41, 5.74) is 6.31. The highest BCUT2D eigenvalue weighted by Gasteiger charge is 2.13. The second-order valence-electron chi connectivity index (χ2n) is 4.43. The number of hydrogen-bond donors (Lipinski definition) is 2. The number of ether oxygens (including phenoxy) is 1. The zero-order chi connectivity index (χ0) is 13.5. The van der Waals surface area contributed by atoms with Crippen LogP contribution < -0.4 is 15.8 Å². The molecular formula is C14H22N2O2. The lowest BCUT2D eigenvalue weighted by molar-refractivity contribution is -0.122. The van der Waals surface area contributed by atoms with Gasteiger partial charge in [-0.05, 0) is 19.5 Å². The highest BCUT2D eigenvalue weighted by Crippen LogP contribution is 2.25. The molecule has 0 aliphatic rings. The Morgan fingerprint density at radius 2 is 2.06 bits per heavy atom. The SMILES string of the molecule is CCNC(C)c1ccccc1OCC(C)C(N)=O. The Hall–Kier alpha value is -1.55. The number of benzene rings is 1. The number of nitrogens with one attached hydrogen (secondary N) is 1. The van der Waals surface area contributed by atoms with Gasteiger partial charge < -0.3 is 15.8 Å². The molecule has 1 amide bonds. The van der Waals surface area contributed by atoms with E-state index in [1.165, 1.54) is 0 Å². The molecule has 1 rings (SSSR count). The molecule has 0 fully saturated rings. The number of carbonyl (C=O) groups is 1. The normalized spacial score (nSPS) is 13.9. The minimum absolute atomic E-state index is 0.218. The van der Waals surface area contributed by atoms with Crippen molar-refractivity contribution in [2.45, 2.75) is 26.8 Å². The Bertz CT molecular complexity index is 393. The van der Waals surface area contributed by atoms with E-state index in [0.717, 1.165) is 17.9 Å². The summed E-state index contributed by atoms with van der Waals surface area (Å²) in [6.45, 7) is 7.12. The highest BCUT2D eigenvalue weighted by atomic mass is 16.5. The topological polar surface area (TPSA) is 64.3 Å². The summed E-state index contributed by atoms with van der Waals surface area (Å²) in [6.07, 6.45) is 0. The van der Waals surface area contributed by atoms with Crippen LogP contribution in [0, 0.1) is 5.92 Å². The second-order valence-corrected chi connectivity index (χ2v) is 4.43. The molecule has 0 heterocycles. The molecule has 0 spiro atoms. The van der Waals surface area contributed by atoms with Crippen molar-refractivity contribution in [2.24, 2.45) is 11.7 Å². The lowest BCUT2D eigenvalue weighted by Gasteiger charge is -2.18. The number of rotatable bonds is 7. The summed E-state index contributed by atoms with van der Waals surface area (Å²) in [5, 5.41) is 3.34. The molecule has 0 saturated carbocycles. The van der Waals surface area contributed by atoms with Crippen LogP contribution in [0.25, 0.3) is 0 Å². The molecule has 4 heteroatoms. The highest BCUT2D eigenvalue weighted by molar-refractivity contribution is 5.76. The molecule has 0 radical (unpaired) electrons. The summed E-state index contributed by atoms with van der Waals surface area (Å²) in [6, 6.07) is 8.06. The van der Waals surface area contributed by atoms with E-state index in [4.69, 9.17) is 10.5 Å². The van der Waals surface area contributed by atoms with Gasteiger partial charge in [-0.2, -0.15) is 0 Å². The fraction of sp³-hybridized carbons (Fsp3) is 0.500. The molecule has 0 aliphatic carbocycles. The van der Waals surface area contributed by atoms with Crippen molar-refractivity contribution in [1.82, 2.24) is 5.32 Å². The van der Waals surface area contributed by atoms with Gasteiger partial charge in [0.1, 0.15) is 5.75 Å². The molecule has 0 bridgehead atoms. The van der Waals surface area contributed by atoms with Crippen LogP contribution in [-0.2, 0) is 4.79 Å². The first kappa shape index (κ1) is 14.5. The molecule has 3 N–H and O–H groups in total. The van der Waals surface area contributed by atoms with Crippen LogP contribution in [0.4, 0.5) is 0 Å². The van der Waals surface area contributed by atoms with E-state index in [9.17, 15) is 4.79 Å². The van der Waals surface area contributed by atoms with Gasteiger partial charge in [0.25, 0.3) is 0 Å². The van der Waals surface area contributed by atoms with Crippen LogP contribution in [0.3, 0.4) is 0 Å². The minimum atomic E-state index is -0.341. The lowest BCUT2D eigenvalue weighted by Crippen LogP contribution is -2.26. The third-order valence-corrected chi connectivity index (χ3v) is 2.87. The van der Waals surface area contributed by atoms with Crippen molar-refractivity contribution in [3.05, 3.63) is 29.8 Å². The average molecular weight is 250 g/mol. The largest absolute Gasteiger partial charge is 0.492 e. The van der Waals surface area contributed by atoms with Crippen LogP contribution in [-0.4, -0.2) is 19.1 Å². The Labute approximate surface area is 109 Å². The lowest BCUT2D eigenvalue weighted by atomic mass is 10.1. The van der Waals surface area contributed by atoms with Gasteiger partial charge in [0.05, 0.1) is 12.5 Å². The van der Waals surface area contributed by atoms with Crippen molar-refractivity contribution in [2.75, 3.05) is 13.2 Å². The first-order chi connectivity index (χ1) is 8.56. The van der Waals surface area contributed by atoms with Gasteiger partial charge in [-0.1, -0.05) is 32.0 Å². The zero-order valence-corrected chi connectivity index (χ0v) is 11.3. The maximum atomic E-state index is 11.0. The molecule has 2 atom stereocenters. The maximum Gasteiger partial charge on any atom is 0.223 e. The quantitative estimate of drug-likeness (QED) is 0.776. The summed E-state index contributed by atoms with van der Waals surface area (Å²) in [7, 11) is 0. The van der Waals surface area contributed by atoms with E-state index >= 15 is 0 Å². The number of carbonyl (C=O) groups excluding carboxylic acids is 1. The van der Waals surface area contributed by atoms with E-state index in [0.29, 0.717) is 6.61 Å². The number of primary amides is 1. The second kappa shape index (κ2) is 7.01. The average Bonchev–Trinajstić information content (AvgIpc) is 2.36. The maximum absolute atomic E-state index is 11.0. The van der Waals surface area contributed by atoms with E-state index < -0.39 is 0 Å². The van der Waals surface area contributed by atoms with Gasteiger partial charge in [0.2, 0.25) is 5.91 Å². The molecule has 0 saturated heterocycles. The predicted octanol–water partition coefficient (Wildman–Crippen LogP) is 1.86. The third kappa shape index (κ3) is 4.04. The zero-order valence-electron chi connectivity index (χ0n) is 11.3. The van der Waals surface area contributed by atoms with Crippen molar-refractivity contribution in [1.29, 1.82) is 0 Å². The fourth-order valence-electron chi connectivity index (χ4n) is 1.68. The predicted molar refractivity (Wildman–Crippen MR) is 72.4 cm³/mol. The van der Waals surface area contributed by atoms with E-state index in [-0.39, 0.29) is 17.9 Å². The molecule has 2 unspecified atom stereocenters. The number of nitrogens with two attached hydrogens (primary N) is 1. The van der Waals surface area contributed by atoms with Gasteiger partial charge in [-0.25, -0.2) is 0 Å².